The van der Waals surface area contributed by atoms with Crippen molar-refractivity contribution < 1.29 is 9.18 Å². The Bertz CT molecular complexity index is 355. The highest BCUT2D eigenvalue weighted by Crippen LogP contribution is 2.13. The number of carbonyl (C=O) groups excluding carboxylic acids is 1. The van der Waals surface area contributed by atoms with Crippen molar-refractivity contribution >= 4 is 11.7 Å². The van der Waals surface area contributed by atoms with Crippen LogP contribution in [0.3, 0.4) is 0 Å². The van der Waals surface area contributed by atoms with E-state index >= 15 is 0 Å². The van der Waals surface area contributed by atoms with Gasteiger partial charge in [-0.2, -0.15) is 0 Å². The van der Waals surface area contributed by atoms with Crippen LogP contribution in [0.1, 0.15) is 23.7 Å². The Morgan fingerprint density at radius 2 is 2.33 bits per heavy atom. The van der Waals surface area contributed by atoms with Crippen LogP contribution in [0.5, 0.6) is 0 Å². The van der Waals surface area contributed by atoms with E-state index < -0.39 is 5.82 Å². The lowest BCUT2D eigenvalue weighted by molar-refractivity contribution is 0.0963. The van der Waals surface area contributed by atoms with Gasteiger partial charge in [0, 0.05) is 13.6 Å². The first-order valence-corrected chi connectivity index (χ1v) is 4.80. The zero-order valence-electron chi connectivity index (χ0n) is 8.80. The lowest BCUT2D eigenvalue weighted by Crippen LogP contribution is -2.20. The van der Waals surface area contributed by atoms with Crippen LogP contribution in [0.25, 0.3) is 0 Å². The van der Waals surface area contributed by atoms with Gasteiger partial charge in [-0.1, -0.05) is 6.92 Å². The van der Waals surface area contributed by atoms with Crippen LogP contribution < -0.4 is 10.6 Å². The second kappa shape index (κ2) is 5.29. The van der Waals surface area contributed by atoms with E-state index in [0.717, 1.165) is 12.6 Å². The van der Waals surface area contributed by atoms with E-state index in [2.05, 4.69) is 15.6 Å². The lowest BCUT2D eigenvalue weighted by atomic mass is 10.2. The summed E-state index contributed by atoms with van der Waals surface area (Å²) in [4.78, 5) is 15.2. The molecule has 1 rings (SSSR count). The van der Waals surface area contributed by atoms with Gasteiger partial charge in [-0.3, -0.25) is 4.79 Å². The Kier molecular flexibility index (Phi) is 4.03. The number of hydrogen-bond acceptors (Lipinski definition) is 3. The number of amides is 1. The molecular weight excluding hydrogens is 197 g/mol. The number of pyridine rings is 1. The molecule has 0 atom stereocenters. The summed E-state index contributed by atoms with van der Waals surface area (Å²) in [7, 11) is 1.50. The number of hydrogen-bond donors (Lipinski definition) is 2. The van der Waals surface area contributed by atoms with Crippen molar-refractivity contribution in [3.05, 3.63) is 23.6 Å². The standard InChI is InChI=1S/C10H14FN3O/c1-3-4-13-9-8(10(15)12-2)5-7(11)6-14-9/h5-6H,3-4H2,1-2H3,(H,12,15)(H,13,14). The first kappa shape index (κ1) is 11.4. The van der Waals surface area contributed by atoms with Crippen molar-refractivity contribution in [1.82, 2.24) is 10.3 Å². The fourth-order valence-electron chi connectivity index (χ4n) is 1.13. The van der Waals surface area contributed by atoms with E-state index in [1.807, 2.05) is 6.92 Å². The number of rotatable bonds is 4. The van der Waals surface area contributed by atoms with Crippen LogP contribution >= 0.6 is 0 Å². The summed E-state index contributed by atoms with van der Waals surface area (Å²) >= 11 is 0. The van der Waals surface area contributed by atoms with Crippen LogP contribution in [0, 0.1) is 5.82 Å². The second-order valence-corrected chi connectivity index (χ2v) is 3.06. The Balaban J connectivity index is 2.97. The Morgan fingerprint density at radius 1 is 1.60 bits per heavy atom. The molecule has 15 heavy (non-hydrogen) atoms. The molecule has 0 saturated heterocycles. The molecule has 0 saturated carbocycles. The summed E-state index contributed by atoms with van der Waals surface area (Å²) in [5.74, 6) is -0.450. The molecule has 1 heterocycles. The molecule has 0 spiro atoms. The molecule has 0 unspecified atom stereocenters. The molecule has 0 bridgehead atoms. The van der Waals surface area contributed by atoms with Crippen molar-refractivity contribution in [3.8, 4) is 0 Å². The van der Waals surface area contributed by atoms with Gasteiger partial charge in [0.05, 0.1) is 11.8 Å². The number of halogens is 1. The third-order valence-electron chi connectivity index (χ3n) is 1.87. The molecule has 0 aromatic carbocycles. The Hall–Kier alpha value is -1.65. The van der Waals surface area contributed by atoms with Gasteiger partial charge in [0.15, 0.2) is 0 Å². The van der Waals surface area contributed by atoms with Gasteiger partial charge < -0.3 is 10.6 Å². The molecule has 1 aromatic heterocycles. The molecular formula is C10H14FN3O. The maximum atomic E-state index is 12.9. The molecule has 1 aromatic rings. The highest BCUT2D eigenvalue weighted by atomic mass is 19.1. The SMILES string of the molecule is CCCNc1ncc(F)cc1C(=O)NC. The number of carbonyl (C=O) groups is 1. The van der Waals surface area contributed by atoms with Gasteiger partial charge in [0.1, 0.15) is 11.6 Å². The van der Waals surface area contributed by atoms with E-state index in [9.17, 15) is 9.18 Å². The fraction of sp³-hybridized carbons (Fsp3) is 0.400. The van der Waals surface area contributed by atoms with Gasteiger partial charge in [-0.25, -0.2) is 9.37 Å². The Labute approximate surface area is 87.9 Å². The van der Waals surface area contributed by atoms with Gasteiger partial charge >= 0.3 is 0 Å². The van der Waals surface area contributed by atoms with Crippen LogP contribution in [0.15, 0.2) is 12.3 Å². The molecule has 0 aliphatic heterocycles. The molecule has 5 heteroatoms. The van der Waals surface area contributed by atoms with Gasteiger partial charge in [0.2, 0.25) is 0 Å². The second-order valence-electron chi connectivity index (χ2n) is 3.06. The summed E-state index contributed by atoms with van der Waals surface area (Å²) in [6, 6.07) is 1.17. The van der Waals surface area contributed by atoms with Crippen molar-refractivity contribution in [2.24, 2.45) is 0 Å². The zero-order valence-corrected chi connectivity index (χ0v) is 8.80. The van der Waals surface area contributed by atoms with E-state index in [4.69, 9.17) is 0 Å². The van der Waals surface area contributed by atoms with Crippen LogP contribution in [0.4, 0.5) is 10.2 Å². The topological polar surface area (TPSA) is 54.0 Å². The summed E-state index contributed by atoms with van der Waals surface area (Å²) < 4.78 is 12.9. The summed E-state index contributed by atoms with van der Waals surface area (Å²) in [5, 5.41) is 5.41. The number of nitrogens with zero attached hydrogens (tertiary/aromatic N) is 1. The Morgan fingerprint density at radius 3 is 2.93 bits per heavy atom. The minimum atomic E-state index is -0.518. The smallest absolute Gasteiger partial charge is 0.254 e. The van der Waals surface area contributed by atoms with Crippen molar-refractivity contribution in [2.45, 2.75) is 13.3 Å². The molecule has 0 fully saturated rings. The predicted octanol–water partition coefficient (Wildman–Crippen LogP) is 1.40. The third-order valence-corrected chi connectivity index (χ3v) is 1.87. The fourth-order valence-corrected chi connectivity index (χ4v) is 1.13. The first-order valence-electron chi connectivity index (χ1n) is 4.80. The largest absolute Gasteiger partial charge is 0.369 e. The quantitative estimate of drug-likeness (QED) is 0.791. The third kappa shape index (κ3) is 2.90. The van der Waals surface area contributed by atoms with E-state index in [1.54, 1.807) is 0 Å². The molecule has 82 valence electrons. The van der Waals surface area contributed by atoms with Gasteiger partial charge in [0.25, 0.3) is 5.91 Å². The summed E-state index contributed by atoms with van der Waals surface area (Å²) in [6.07, 6.45) is 2.00. The zero-order chi connectivity index (χ0) is 11.3. The van der Waals surface area contributed by atoms with Crippen molar-refractivity contribution in [3.63, 3.8) is 0 Å². The van der Waals surface area contributed by atoms with Gasteiger partial charge in [-0.05, 0) is 12.5 Å². The summed E-state index contributed by atoms with van der Waals surface area (Å²) in [5.41, 5.74) is 0.228. The maximum Gasteiger partial charge on any atom is 0.254 e. The number of aromatic nitrogens is 1. The average Bonchev–Trinajstić information content (AvgIpc) is 2.26. The van der Waals surface area contributed by atoms with Crippen LogP contribution in [-0.4, -0.2) is 24.5 Å². The minimum absolute atomic E-state index is 0.228. The monoisotopic (exact) mass is 211 g/mol. The molecule has 4 nitrogen and oxygen atoms in total. The molecule has 0 aliphatic carbocycles. The number of nitrogens with one attached hydrogen (secondary N) is 2. The van der Waals surface area contributed by atoms with Crippen LogP contribution in [-0.2, 0) is 0 Å². The summed E-state index contributed by atoms with van der Waals surface area (Å²) in [6.45, 7) is 2.69. The maximum absolute atomic E-state index is 12.9. The predicted molar refractivity (Wildman–Crippen MR) is 56.4 cm³/mol. The lowest BCUT2D eigenvalue weighted by Gasteiger charge is -2.08. The first-order chi connectivity index (χ1) is 7.19. The van der Waals surface area contributed by atoms with Crippen LogP contribution in [0.2, 0.25) is 0 Å². The van der Waals surface area contributed by atoms with Crippen molar-refractivity contribution in [2.75, 3.05) is 18.9 Å². The molecule has 2 N–H and O–H groups in total. The van der Waals surface area contributed by atoms with Gasteiger partial charge in [-0.15, -0.1) is 0 Å². The highest BCUT2D eigenvalue weighted by Gasteiger charge is 2.11. The van der Waals surface area contributed by atoms with E-state index in [-0.39, 0.29) is 11.5 Å². The normalized spacial score (nSPS) is 9.80. The molecule has 1 amide bonds. The van der Waals surface area contributed by atoms with E-state index in [1.165, 1.54) is 13.1 Å². The van der Waals surface area contributed by atoms with E-state index in [0.29, 0.717) is 12.4 Å². The van der Waals surface area contributed by atoms with Crippen molar-refractivity contribution in [1.29, 1.82) is 0 Å². The average molecular weight is 211 g/mol. The number of anilines is 1. The highest BCUT2D eigenvalue weighted by molar-refractivity contribution is 5.98. The minimum Gasteiger partial charge on any atom is -0.369 e. The molecule has 0 aliphatic rings. The molecule has 0 radical (unpaired) electrons.